The van der Waals surface area contributed by atoms with E-state index in [0.29, 0.717) is 16.3 Å². The molecule has 2 rings (SSSR count). The van der Waals surface area contributed by atoms with Gasteiger partial charge < -0.3 is 5.73 Å². The third kappa shape index (κ3) is 2.73. The van der Waals surface area contributed by atoms with E-state index in [9.17, 15) is 8.42 Å². The number of nitrogens with two attached hydrogens (primary N) is 1. The van der Waals surface area contributed by atoms with Crippen LogP contribution in [0, 0.1) is 6.92 Å². The Morgan fingerprint density at radius 2 is 2.21 bits per heavy atom. The molecule has 0 fully saturated rings. The summed E-state index contributed by atoms with van der Waals surface area (Å²) in [7, 11) is -3.79. The van der Waals surface area contributed by atoms with E-state index in [0.717, 1.165) is 5.56 Å². The predicted molar refractivity (Wildman–Crippen MR) is 73.5 cm³/mol. The standard InChI is InChI=1S/C11H13ClN4O2S/c1-7-3-2-4-9(12)10(7)16-19(17,18)11-8(5-13)6-14-15-11/h2-4,6,16H,5,13H2,1H3,(H,14,15). The number of hydrogen-bond donors (Lipinski definition) is 3. The molecule has 6 nitrogen and oxygen atoms in total. The molecule has 4 N–H and O–H groups in total. The summed E-state index contributed by atoms with van der Waals surface area (Å²) in [6.45, 7) is 1.84. The molecular weight excluding hydrogens is 288 g/mol. The molecule has 2 aromatic rings. The Hall–Kier alpha value is -1.57. The lowest BCUT2D eigenvalue weighted by Crippen LogP contribution is -2.17. The molecule has 19 heavy (non-hydrogen) atoms. The number of benzene rings is 1. The number of hydrogen-bond acceptors (Lipinski definition) is 4. The zero-order valence-electron chi connectivity index (χ0n) is 10.1. The number of anilines is 1. The lowest BCUT2D eigenvalue weighted by atomic mass is 10.2. The summed E-state index contributed by atoms with van der Waals surface area (Å²) in [6.07, 6.45) is 1.38. The molecular formula is C11H13ClN4O2S. The predicted octanol–water partition coefficient (Wildman–Crippen LogP) is 1.63. The molecule has 0 aliphatic heterocycles. The van der Waals surface area contributed by atoms with E-state index in [1.54, 1.807) is 25.1 Å². The second-order valence-corrected chi connectivity index (χ2v) is 5.99. The zero-order valence-corrected chi connectivity index (χ0v) is 11.7. The van der Waals surface area contributed by atoms with Crippen molar-refractivity contribution in [3.63, 3.8) is 0 Å². The Labute approximate surface area is 116 Å². The average Bonchev–Trinajstić information content (AvgIpc) is 2.83. The molecule has 0 radical (unpaired) electrons. The molecule has 1 aromatic heterocycles. The van der Waals surface area contributed by atoms with E-state index in [-0.39, 0.29) is 11.6 Å². The van der Waals surface area contributed by atoms with Gasteiger partial charge in [-0.05, 0) is 18.6 Å². The fourth-order valence-electron chi connectivity index (χ4n) is 1.62. The molecule has 0 aliphatic carbocycles. The summed E-state index contributed by atoms with van der Waals surface area (Å²) in [5.74, 6) is 0. The molecule has 1 heterocycles. The van der Waals surface area contributed by atoms with E-state index in [2.05, 4.69) is 14.9 Å². The van der Waals surface area contributed by atoms with Crippen LogP contribution >= 0.6 is 11.6 Å². The van der Waals surface area contributed by atoms with Crippen LogP contribution in [0.25, 0.3) is 0 Å². The van der Waals surface area contributed by atoms with Gasteiger partial charge in [-0.1, -0.05) is 23.7 Å². The minimum atomic E-state index is -3.79. The average molecular weight is 301 g/mol. The number of aryl methyl sites for hydroxylation is 1. The van der Waals surface area contributed by atoms with Crippen LogP contribution < -0.4 is 10.5 Å². The van der Waals surface area contributed by atoms with Gasteiger partial charge in [0.15, 0.2) is 5.03 Å². The number of sulfonamides is 1. The molecule has 0 unspecified atom stereocenters. The van der Waals surface area contributed by atoms with Gasteiger partial charge in [0, 0.05) is 12.1 Å². The highest BCUT2D eigenvalue weighted by Crippen LogP contribution is 2.28. The normalized spacial score (nSPS) is 11.5. The number of aromatic amines is 1. The molecule has 0 saturated heterocycles. The molecule has 0 atom stereocenters. The van der Waals surface area contributed by atoms with Crippen LogP contribution in [0.15, 0.2) is 29.4 Å². The van der Waals surface area contributed by atoms with Gasteiger partial charge in [-0.25, -0.2) is 0 Å². The highest BCUT2D eigenvalue weighted by Gasteiger charge is 2.21. The van der Waals surface area contributed by atoms with E-state index in [1.165, 1.54) is 6.20 Å². The van der Waals surface area contributed by atoms with Crippen molar-refractivity contribution < 1.29 is 8.42 Å². The summed E-state index contributed by atoms with van der Waals surface area (Å²) in [4.78, 5) is 0. The third-order valence-electron chi connectivity index (χ3n) is 2.63. The Morgan fingerprint density at radius 1 is 1.47 bits per heavy atom. The second-order valence-electron chi connectivity index (χ2n) is 3.97. The van der Waals surface area contributed by atoms with Crippen LogP contribution in [0.2, 0.25) is 5.02 Å². The molecule has 0 spiro atoms. The molecule has 0 aliphatic rings. The monoisotopic (exact) mass is 300 g/mol. The van der Waals surface area contributed by atoms with E-state index in [1.807, 2.05) is 0 Å². The first-order chi connectivity index (χ1) is 8.95. The molecule has 0 amide bonds. The van der Waals surface area contributed by atoms with Crippen LogP contribution in [0.3, 0.4) is 0 Å². The van der Waals surface area contributed by atoms with Gasteiger partial charge in [-0.2, -0.15) is 13.5 Å². The summed E-state index contributed by atoms with van der Waals surface area (Å²) < 4.78 is 26.9. The SMILES string of the molecule is Cc1cccc(Cl)c1NS(=O)(=O)c1[nH]ncc1CN. The van der Waals surface area contributed by atoms with E-state index in [4.69, 9.17) is 17.3 Å². The van der Waals surface area contributed by atoms with Gasteiger partial charge in [0.25, 0.3) is 10.0 Å². The molecule has 1 aromatic carbocycles. The largest absolute Gasteiger partial charge is 0.326 e. The molecule has 0 bridgehead atoms. The van der Waals surface area contributed by atoms with Crippen molar-refractivity contribution >= 4 is 27.3 Å². The summed E-state index contributed by atoms with van der Waals surface area (Å²) in [6, 6.07) is 5.13. The van der Waals surface area contributed by atoms with Crippen molar-refractivity contribution in [2.24, 2.45) is 5.73 Å². The van der Waals surface area contributed by atoms with Crippen molar-refractivity contribution in [3.05, 3.63) is 40.5 Å². The summed E-state index contributed by atoms with van der Waals surface area (Å²) >= 11 is 5.99. The Kier molecular flexibility index (Phi) is 3.79. The lowest BCUT2D eigenvalue weighted by Gasteiger charge is -2.11. The maximum absolute atomic E-state index is 12.3. The topological polar surface area (TPSA) is 101 Å². The Morgan fingerprint density at radius 3 is 2.84 bits per heavy atom. The first-order valence-electron chi connectivity index (χ1n) is 5.46. The number of nitrogens with zero attached hydrogens (tertiary/aromatic N) is 1. The number of rotatable bonds is 4. The lowest BCUT2D eigenvalue weighted by molar-refractivity contribution is 0.595. The van der Waals surface area contributed by atoms with Gasteiger partial charge >= 0.3 is 0 Å². The number of nitrogens with one attached hydrogen (secondary N) is 2. The van der Waals surface area contributed by atoms with Crippen LogP contribution in [-0.2, 0) is 16.6 Å². The molecule has 0 saturated carbocycles. The smallest absolute Gasteiger partial charge is 0.279 e. The number of halogens is 1. The van der Waals surface area contributed by atoms with Crippen molar-refractivity contribution in [1.82, 2.24) is 10.2 Å². The maximum Gasteiger partial charge on any atom is 0.279 e. The Balaban J connectivity index is 2.43. The highest BCUT2D eigenvalue weighted by molar-refractivity contribution is 7.92. The minimum absolute atomic E-state index is 0.0469. The quantitative estimate of drug-likeness (QED) is 0.799. The number of para-hydroxylation sites is 1. The van der Waals surface area contributed by atoms with Crippen LogP contribution in [0.1, 0.15) is 11.1 Å². The first kappa shape index (κ1) is 13.9. The van der Waals surface area contributed by atoms with Crippen LogP contribution in [-0.4, -0.2) is 18.6 Å². The summed E-state index contributed by atoms with van der Waals surface area (Å²) in [5.41, 5.74) is 6.96. The molecule has 8 heteroatoms. The second kappa shape index (κ2) is 5.20. The number of H-pyrrole nitrogens is 1. The van der Waals surface area contributed by atoms with Gasteiger partial charge in [-0.3, -0.25) is 9.82 Å². The van der Waals surface area contributed by atoms with E-state index >= 15 is 0 Å². The fourth-order valence-corrected chi connectivity index (χ4v) is 3.24. The van der Waals surface area contributed by atoms with Crippen molar-refractivity contribution in [3.8, 4) is 0 Å². The maximum atomic E-state index is 12.3. The Bertz CT molecular complexity index is 676. The van der Waals surface area contributed by atoms with Crippen molar-refractivity contribution in [1.29, 1.82) is 0 Å². The fraction of sp³-hybridized carbons (Fsp3) is 0.182. The van der Waals surface area contributed by atoms with Crippen LogP contribution in [0.5, 0.6) is 0 Å². The zero-order chi connectivity index (χ0) is 14.0. The highest BCUT2D eigenvalue weighted by atomic mass is 35.5. The summed E-state index contributed by atoms with van der Waals surface area (Å²) in [5, 5.41) is 6.41. The van der Waals surface area contributed by atoms with Gasteiger partial charge in [0.1, 0.15) is 0 Å². The van der Waals surface area contributed by atoms with Gasteiger partial charge in [0.2, 0.25) is 0 Å². The first-order valence-corrected chi connectivity index (χ1v) is 7.32. The van der Waals surface area contributed by atoms with Crippen LogP contribution in [0.4, 0.5) is 5.69 Å². The van der Waals surface area contributed by atoms with E-state index < -0.39 is 10.0 Å². The van der Waals surface area contributed by atoms with Crippen molar-refractivity contribution in [2.45, 2.75) is 18.5 Å². The third-order valence-corrected chi connectivity index (χ3v) is 4.30. The van der Waals surface area contributed by atoms with Gasteiger partial charge in [0.05, 0.1) is 16.9 Å². The van der Waals surface area contributed by atoms with Crippen molar-refractivity contribution in [2.75, 3.05) is 4.72 Å². The molecule has 102 valence electrons. The van der Waals surface area contributed by atoms with Gasteiger partial charge in [-0.15, -0.1) is 0 Å². The number of aromatic nitrogens is 2. The minimum Gasteiger partial charge on any atom is -0.326 e.